The molecule has 0 amide bonds. The fraction of sp³-hybridized carbons (Fsp3) is 0. The smallest absolute Gasteiger partial charge is 0.146 e. The van der Waals surface area contributed by atoms with Crippen LogP contribution < -0.4 is 0 Å². The molecule has 0 atom stereocenters. The number of pyridine rings is 1. The maximum absolute atomic E-state index is 5.13. The van der Waals surface area contributed by atoms with Crippen molar-refractivity contribution in [2.75, 3.05) is 0 Å². The van der Waals surface area contributed by atoms with Gasteiger partial charge in [0.05, 0.1) is 16.6 Å². The van der Waals surface area contributed by atoms with Crippen molar-refractivity contribution in [1.82, 2.24) is 9.38 Å². The van der Waals surface area contributed by atoms with Gasteiger partial charge < -0.3 is 0 Å². The molecule has 0 aliphatic carbocycles. The molecule has 0 saturated carbocycles. The van der Waals surface area contributed by atoms with Crippen molar-refractivity contribution in [3.05, 3.63) is 158 Å². The quantitative estimate of drug-likeness (QED) is 0.144. The first-order chi connectivity index (χ1) is 23.3. The molecule has 0 radical (unpaired) electrons. The van der Waals surface area contributed by atoms with E-state index in [0.29, 0.717) is 0 Å². The van der Waals surface area contributed by atoms with Crippen LogP contribution in [0.15, 0.2) is 158 Å². The minimum atomic E-state index is 0.999. The molecule has 2 heteroatoms. The zero-order valence-electron chi connectivity index (χ0n) is 25.4. The molecule has 216 valence electrons. The van der Waals surface area contributed by atoms with E-state index in [2.05, 4.69) is 162 Å². The highest BCUT2D eigenvalue weighted by Crippen LogP contribution is 2.43. The number of hydrogen-bond donors (Lipinski definition) is 0. The molecule has 0 aliphatic rings. The highest BCUT2D eigenvalue weighted by Gasteiger charge is 2.16. The van der Waals surface area contributed by atoms with Gasteiger partial charge in [-0.3, -0.25) is 4.40 Å². The van der Waals surface area contributed by atoms with Gasteiger partial charge in [0.2, 0.25) is 0 Å². The first-order valence-corrected chi connectivity index (χ1v) is 16.2. The molecular formula is C45H26N2. The van der Waals surface area contributed by atoms with Gasteiger partial charge in [-0.2, -0.15) is 0 Å². The Morgan fingerprint density at radius 3 is 1.79 bits per heavy atom. The fourth-order valence-corrected chi connectivity index (χ4v) is 8.23. The molecule has 0 saturated heterocycles. The topological polar surface area (TPSA) is 17.3 Å². The van der Waals surface area contributed by atoms with Gasteiger partial charge in [0, 0.05) is 10.8 Å². The Hall–Kier alpha value is -6.25. The van der Waals surface area contributed by atoms with Gasteiger partial charge in [0.15, 0.2) is 0 Å². The maximum Gasteiger partial charge on any atom is 0.146 e. The summed E-state index contributed by atoms with van der Waals surface area (Å²) >= 11 is 0. The number of rotatable bonds is 2. The van der Waals surface area contributed by atoms with Gasteiger partial charge in [-0.25, -0.2) is 4.98 Å². The molecule has 11 aromatic rings. The van der Waals surface area contributed by atoms with E-state index in [4.69, 9.17) is 4.98 Å². The summed E-state index contributed by atoms with van der Waals surface area (Å²) in [5.74, 6) is 0. The molecule has 2 heterocycles. The molecule has 2 aromatic heterocycles. The van der Waals surface area contributed by atoms with E-state index in [1.54, 1.807) is 0 Å². The normalized spacial score (nSPS) is 12.3. The summed E-state index contributed by atoms with van der Waals surface area (Å²) in [6, 6.07) is 57.8. The van der Waals surface area contributed by atoms with E-state index in [9.17, 15) is 0 Å². The Kier molecular flexibility index (Phi) is 4.87. The third kappa shape index (κ3) is 3.36. The molecular weight excluding hydrogens is 569 g/mol. The third-order valence-electron chi connectivity index (χ3n) is 10.3. The summed E-state index contributed by atoms with van der Waals surface area (Å²) in [7, 11) is 0. The highest BCUT2D eigenvalue weighted by molar-refractivity contribution is 6.34. The van der Waals surface area contributed by atoms with Crippen molar-refractivity contribution in [3.8, 4) is 22.3 Å². The molecule has 11 rings (SSSR count). The summed E-state index contributed by atoms with van der Waals surface area (Å²) < 4.78 is 2.32. The van der Waals surface area contributed by atoms with Crippen LogP contribution in [-0.2, 0) is 0 Å². The minimum Gasteiger partial charge on any atom is -0.292 e. The number of imidazole rings is 1. The average Bonchev–Trinajstić information content (AvgIpc) is 3.54. The second-order valence-electron chi connectivity index (χ2n) is 12.7. The van der Waals surface area contributed by atoms with Gasteiger partial charge in [0.25, 0.3) is 0 Å². The molecule has 0 spiro atoms. The van der Waals surface area contributed by atoms with Crippen LogP contribution >= 0.6 is 0 Å². The lowest BCUT2D eigenvalue weighted by Gasteiger charge is -2.16. The zero-order chi connectivity index (χ0) is 30.6. The first-order valence-electron chi connectivity index (χ1n) is 16.2. The molecule has 0 aliphatic heterocycles. The lowest BCUT2D eigenvalue weighted by molar-refractivity contribution is 1.31. The van der Waals surface area contributed by atoms with Gasteiger partial charge in [-0.05, 0) is 95.0 Å². The monoisotopic (exact) mass is 594 g/mol. The van der Waals surface area contributed by atoms with Gasteiger partial charge in [0.1, 0.15) is 5.65 Å². The van der Waals surface area contributed by atoms with E-state index in [0.717, 1.165) is 16.7 Å². The summed E-state index contributed by atoms with van der Waals surface area (Å²) in [4.78, 5) is 5.13. The number of nitrogens with zero attached hydrogens (tertiary/aromatic N) is 2. The standard InChI is InChI=1S/C45H26N2/c1-3-16-41-33(10-1)32-23-22-30(26-39(32)45-46-40-15-2-4-17-42(40)47(41)45)27-18-20-28(21-19-27)31-24-25-38-36-12-6-9-29-8-5-11-35(43(29)36)37-14-7-13-34(31)44(37)38/h1-26H. The van der Waals surface area contributed by atoms with Crippen molar-refractivity contribution in [1.29, 1.82) is 0 Å². The molecule has 2 nitrogen and oxygen atoms in total. The Bertz CT molecular complexity index is 3010. The van der Waals surface area contributed by atoms with E-state index in [1.165, 1.54) is 87.0 Å². The predicted molar refractivity (Wildman–Crippen MR) is 200 cm³/mol. The van der Waals surface area contributed by atoms with Crippen LogP contribution in [0.25, 0.3) is 104 Å². The van der Waals surface area contributed by atoms with Crippen molar-refractivity contribution in [2.24, 2.45) is 0 Å². The summed E-state index contributed by atoms with van der Waals surface area (Å²) in [5.41, 5.74) is 9.21. The second-order valence-corrected chi connectivity index (χ2v) is 12.7. The van der Waals surface area contributed by atoms with Gasteiger partial charge >= 0.3 is 0 Å². The van der Waals surface area contributed by atoms with Crippen LogP contribution in [0.2, 0.25) is 0 Å². The number of para-hydroxylation sites is 3. The van der Waals surface area contributed by atoms with Crippen molar-refractivity contribution >= 4 is 81.4 Å². The van der Waals surface area contributed by atoms with Crippen LogP contribution in [0.5, 0.6) is 0 Å². The fourth-order valence-electron chi connectivity index (χ4n) is 8.23. The van der Waals surface area contributed by atoms with E-state index >= 15 is 0 Å². The van der Waals surface area contributed by atoms with Crippen molar-refractivity contribution in [3.63, 3.8) is 0 Å². The lowest BCUT2D eigenvalue weighted by Crippen LogP contribution is -1.92. The number of aromatic nitrogens is 2. The average molecular weight is 595 g/mol. The predicted octanol–water partition coefficient (Wildman–Crippen LogP) is 12.2. The van der Waals surface area contributed by atoms with Crippen molar-refractivity contribution < 1.29 is 0 Å². The Morgan fingerprint density at radius 1 is 0.362 bits per heavy atom. The summed E-state index contributed by atoms with van der Waals surface area (Å²) in [6.45, 7) is 0. The van der Waals surface area contributed by atoms with Crippen LogP contribution in [0, 0.1) is 0 Å². The molecule has 0 bridgehead atoms. The van der Waals surface area contributed by atoms with Crippen LogP contribution in [0.4, 0.5) is 0 Å². The lowest BCUT2D eigenvalue weighted by atomic mass is 9.87. The molecule has 0 N–H and O–H groups in total. The largest absolute Gasteiger partial charge is 0.292 e. The molecule has 9 aromatic carbocycles. The summed E-state index contributed by atoms with van der Waals surface area (Å²) in [5, 5.41) is 14.2. The van der Waals surface area contributed by atoms with E-state index in [1.807, 2.05) is 0 Å². The Labute approximate surface area is 270 Å². The maximum atomic E-state index is 5.13. The Balaban J connectivity index is 1.09. The van der Waals surface area contributed by atoms with Crippen LogP contribution in [0.1, 0.15) is 0 Å². The van der Waals surface area contributed by atoms with Gasteiger partial charge in [-0.1, -0.05) is 133 Å². The molecule has 0 unspecified atom stereocenters. The SMILES string of the molecule is c1ccc2c(c1)nc1c3cc(-c4ccc(-c5ccc6c7cccc8cccc(c9cccc5c96)c87)cc4)ccc3c3ccccc3n21. The van der Waals surface area contributed by atoms with E-state index < -0.39 is 0 Å². The third-order valence-corrected chi connectivity index (χ3v) is 10.3. The van der Waals surface area contributed by atoms with Crippen LogP contribution in [-0.4, -0.2) is 9.38 Å². The van der Waals surface area contributed by atoms with Crippen LogP contribution in [0.3, 0.4) is 0 Å². The van der Waals surface area contributed by atoms with Gasteiger partial charge in [-0.15, -0.1) is 0 Å². The number of fused-ring (bicyclic) bond motifs is 10. The molecule has 0 fully saturated rings. The van der Waals surface area contributed by atoms with E-state index in [-0.39, 0.29) is 0 Å². The zero-order valence-corrected chi connectivity index (χ0v) is 25.4. The first kappa shape index (κ1) is 25.0. The number of hydrogen-bond acceptors (Lipinski definition) is 1. The summed E-state index contributed by atoms with van der Waals surface area (Å²) in [6.07, 6.45) is 0. The van der Waals surface area contributed by atoms with Crippen molar-refractivity contribution in [2.45, 2.75) is 0 Å². The Morgan fingerprint density at radius 2 is 0.957 bits per heavy atom. The highest BCUT2D eigenvalue weighted by atomic mass is 15.0. The molecule has 47 heavy (non-hydrogen) atoms. The number of benzene rings is 9. The minimum absolute atomic E-state index is 0.999. The second kappa shape index (κ2) is 9.15.